The standard InChI is InChI=1S/C20H25N3O5/c1-13(12-24)16(25)7-5-4-6-14-8-10-15(11-9-14)18(26)22-17(19(27)23-28)20(2,3)21/h8-11,13,16-17,24-25,28H,12,21H2,1-3H3,(H,22,26)(H,23,27)/t13?,16-,17-/m1/s1. The topological polar surface area (TPSA) is 145 Å². The molecule has 1 unspecified atom stereocenters. The van der Waals surface area contributed by atoms with Crippen molar-refractivity contribution in [3.8, 4) is 23.7 Å². The van der Waals surface area contributed by atoms with Crippen molar-refractivity contribution < 1.29 is 25.0 Å². The zero-order valence-electron chi connectivity index (χ0n) is 16.0. The maximum atomic E-state index is 12.3. The van der Waals surface area contributed by atoms with Crippen LogP contribution in [0.2, 0.25) is 0 Å². The maximum Gasteiger partial charge on any atom is 0.267 e. The first kappa shape index (κ1) is 23.2. The Bertz CT molecular complexity index is 807. The summed E-state index contributed by atoms with van der Waals surface area (Å²) in [6.07, 6.45) is -0.957. The quantitative estimate of drug-likeness (QED) is 0.218. The van der Waals surface area contributed by atoms with Gasteiger partial charge in [0, 0.05) is 29.2 Å². The molecule has 0 aliphatic carbocycles. The minimum atomic E-state index is -1.13. The second kappa shape index (κ2) is 10.5. The van der Waals surface area contributed by atoms with Gasteiger partial charge >= 0.3 is 0 Å². The zero-order chi connectivity index (χ0) is 21.3. The lowest BCUT2D eigenvalue weighted by Crippen LogP contribution is -2.61. The van der Waals surface area contributed by atoms with Gasteiger partial charge in [0.1, 0.15) is 12.1 Å². The van der Waals surface area contributed by atoms with Crippen LogP contribution in [0.3, 0.4) is 0 Å². The fourth-order valence-corrected chi connectivity index (χ4v) is 2.03. The Morgan fingerprint density at radius 2 is 1.82 bits per heavy atom. The highest BCUT2D eigenvalue weighted by Gasteiger charge is 2.33. The van der Waals surface area contributed by atoms with Gasteiger partial charge in [-0.15, -0.1) is 0 Å². The van der Waals surface area contributed by atoms with Crippen LogP contribution in [0.1, 0.15) is 36.7 Å². The van der Waals surface area contributed by atoms with Gasteiger partial charge in [0.15, 0.2) is 0 Å². The number of hydrogen-bond donors (Lipinski definition) is 6. The van der Waals surface area contributed by atoms with E-state index >= 15 is 0 Å². The average molecular weight is 387 g/mol. The van der Waals surface area contributed by atoms with Crippen LogP contribution in [-0.4, -0.2) is 51.5 Å². The van der Waals surface area contributed by atoms with Crippen LogP contribution in [0.25, 0.3) is 0 Å². The van der Waals surface area contributed by atoms with Crippen LogP contribution in [-0.2, 0) is 4.79 Å². The molecule has 0 saturated carbocycles. The largest absolute Gasteiger partial charge is 0.396 e. The second-order valence-electron chi connectivity index (χ2n) is 6.91. The molecular formula is C20H25N3O5. The van der Waals surface area contributed by atoms with Crippen LogP contribution in [0.15, 0.2) is 24.3 Å². The molecule has 1 aromatic carbocycles. The fourth-order valence-electron chi connectivity index (χ4n) is 2.03. The molecule has 0 bridgehead atoms. The summed E-state index contributed by atoms with van der Waals surface area (Å²) >= 11 is 0. The van der Waals surface area contributed by atoms with E-state index in [0.717, 1.165) is 0 Å². The Morgan fingerprint density at radius 3 is 2.32 bits per heavy atom. The Hall–Kier alpha value is -2.88. The first-order chi connectivity index (χ1) is 13.1. The Kier molecular flexibility index (Phi) is 8.65. The molecule has 0 fully saturated rings. The Labute approximate surface area is 164 Å². The summed E-state index contributed by atoms with van der Waals surface area (Å²) < 4.78 is 0. The van der Waals surface area contributed by atoms with E-state index in [9.17, 15) is 14.7 Å². The SMILES string of the molecule is CC(CO)[C@H](O)C#CC#Cc1ccc(C(=O)N[C@H](C(=O)NO)C(C)(C)N)cc1. The van der Waals surface area contributed by atoms with Crippen molar-refractivity contribution in [2.45, 2.75) is 38.5 Å². The molecule has 0 spiro atoms. The van der Waals surface area contributed by atoms with Gasteiger partial charge in [-0.05, 0) is 50.0 Å². The van der Waals surface area contributed by atoms with E-state index in [0.29, 0.717) is 5.56 Å². The summed E-state index contributed by atoms with van der Waals surface area (Å²) in [5.41, 5.74) is 7.15. The van der Waals surface area contributed by atoms with Gasteiger partial charge in [-0.25, -0.2) is 5.48 Å². The van der Waals surface area contributed by atoms with Gasteiger partial charge in [-0.2, -0.15) is 0 Å². The van der Waals surface area contributed by atoms with Gasteiger partial charge in [-0.3, -0.25) is 14.8 Å². The lowest BCUT2D eigenvalue weighted by molar-refractivity contribution is -0.132. The molecule has 7 N–H and O–H groups in total. The maximum absolute atomic E-state index is 12.3. The molecule has 150 valence electrons. The first-order valence-corrected chi connectivity index (χ1v) is 8.54. The predicted octanol–water partition coefficient (Wildman–Crippen LogP) is -0.628. The van der Waals surface area contributed by atoms with Crippen molar-refractivity contribution in [3.05, 3.63) is 35.4 Å². The summed E-state index contributed by atoms with van der Waals surface area (Å²) in [6.45, 7) is 4.59. The highest BCUT2D eigenvalue weighted by atomic mass is 16.5. The highest BCUT2D eigenvalue weighted by Crippen LogP contribution is 2.09. The molecule has 0 radical (unpaired) electrons. The van der Waals surface area contributed by atoms with E-state index < -0.39 is 29.5 Å². The van der Waals surface area contributed by atoms with E-state index in [-0.39, 0.29) is 18.1 Å². The number of benzene rings is 1. The van der Waals surface area contributed by atoms with Gasteiger partial charge in [0.05, 0.1) is 0 Å². The van der Waals surface area contributed by atoms with Gasteiger partial charge in [-0.1, -0.05) is 18.8 Å². The third-order valence-corrected chi connectivity index (χ3v) is 3.86. The molecule has 8 nitrogen and oxygen atoms in total. The predicted molar refractivity (Wildman–Crippen MR) is 103 cm³/mol. The molecule has 0 saturated heterocycles. The zero-order valence-corrected chi connectivity index (χ0v) is 16.0. The van der Waals surface area contributed by atoms with Crippen LogP contribution in [0.5, 0.6) is 0 Å². The van der Waals surface area contributed by atoms with Crippen molar-refractivity contribution in [1.82, 2.24) is 10.8 Å². The van der Waals surface area contributed by atoms with Gasteiger partial charge in [0.25, 0.3) is 11.8 Å². The van der Waals surface area contributed by atoms with Crippen LogP contribution >= 0.6 is 0 Å². The molecule has 0 aromatic heterocycles. The Balaban J connectivity index is 2.83. The number of amides is 2. The highest BCUT2D eigenvalue weighted by molar-refractivity contribution is 5.97. The van der Waals surface area contributed by atoms with Gasteiger partial charge in [0.2, 0.25) is 0 Å². The lowest BCUT2D eigenvalue weighted by atomic mass is 9.95. The number of rotatable bonds is 6. The molecule has 8 heteroatoms. The van der Waals surface area contributed by atoms with Crippen molar-refractivity contribution in [3.63, 3.8) is 0 Å². The third-order valence-electron chi connectivity index (χ3n) is 3.86. The summed E-state index contributed by atoms with van der Waals surface area (Å²) in [6, 6.07) is 5.11. The van der Waals surface area contributed by atoms with Crippen LogP contribution in [0.4, 0.5) is 0 Å². The van der Waals surface area contributed by atoms with Crippen LogP contribution < -0.4 is 16.5 Å². The molecular weight excluding hydrogens is 362 g/mol. The number of hydroxylamine groups is 1. The molecule has 2 amide bonds. The minimum absolute atomic E-state index is 0.172. The van der Waals surface area contributed by atoms with E-state index in [1.54, 1.807) is 32.9 Å². The summed E-state index contributed by atoms with van der Waals surface area (Å²) in [5, 5.41) is 29.8. The molecule has 1 aromatic rings. The van der Waals surface area contributed by atoms with E-state index in [4.69, 9.17) is 16.0 Å². The van der Waals surface area contributed by atoms with E-state index in [2.05, 4.69) is 29.0 Å². The summed E-state index contributed by atoms with van der Waals surface area (Å²) in [7, 11) is 0. The monoisotopic (exact) mass is 387 g/mol. The Morgan fingerprint density at radius 1 is 1.21 bits per heavy atom. The van der Waals surface area contributed by atoms with Crippen molar-refractivity contribution in [2.24, 2.45) is 11.7 Å². The number of aliphatic hydroxyl groups excluding tert-OH is 2. The minimum Gasteiger partial charge on any atom is -0.396 e. The normalized spacial score (nSPS) is 13.7. The number of nitrogens with two attached hydrogens (primary N) is 1. The van der Waals surface area contributed by atoms with Crippen LogP contribution in [0, 0.1) is 29.6 Å². The number of carbonyl (C=O) groups excluding carboxylic acids is 2. The molecule has 1 rings (SSSR count). The van der Waals surface area contributed by atoms with Crippen molar-refractivity contribution in [1.29, 1.82) is 0 Å². The van der Waals surface area contributed by atoms with Crippen molar-refractivity contribution >= 4 is 11.8 Å². The third kappa shape index (κ3) is 7.03. The number of carbonyl (C=O) groups is 2. The fraction of sp³-hybridized carbons (Fsp3) is 0.400. The van der Waals surface area contributed by atoms with Crippen molar-refractivity contribution in [2.75, 3.05) is 6.61 Å². The molecule has 0 aliphatic rings. The average Bonchev–Trinajstić information content (AvgIpc) is 2.67. The number of hydrogen-bond acceptors (Lipinski definition) is 6. The molecule has 0 heterocycles. The number of nitrogens with one attached hydrogen (secondary N) is 2. The molecule has 28 heavy (non-hydrogen) atoms. The smallest absolute Gasteiger partial charge is 0.267 e. The van der Waals surface area contributed by atoms with E-state index in [1.807, 2.05) is 0 Å². The molecule has 0 aliphatic heterocycles. The second-order valence-corrected chi connectivity index (χ2v) is 6.91. The molecule has 3 atom stereocenters. The summed E-state index contributed by atoms with van der Waals surface area (Å²) in [4.78, 5) is 24.0. The lowest BCUT2D eigenvalue weighted by Gasteiger charge is -2.29. The summed E-state index contributed by atoms with van der Waals surface area (Å²) in [5.74, 6) is 8.68. The van der Waals surface area contributed by atoms with E-state index in [1.165, 1.54) is 17.6 Å². The number of aliphatic hydroxyl groups is 2. The first-order valence-electron chi connectivity index (χ1n) is 8.54. The van der Waals surface area contributed by atoms with Gasteiger partial charge < -0.3 is 21.3 Å².